The Kier molecular flexibility index (Phi) is 4.54. The lowest BCUT2D eigenvalue weighted by Gasteiger charge is -2.42. The van der Waals surface area contributed by atoms with Crippen LogP contribution in [-0.4, -0.2) is 54.4 Å². The van der Waals surface area contributed by atoms with Crippen LogP contribution >= 0.6 is 0 Å². The summed E-state index contributed by atoms with van der Waals surface area (Å²) >= 11 is 0. The maximum Gasteiger partial charge on any atom is 0.0921 e. The minimum atomic E-state index is 0.313. The van der Waals surface area contributed by atoms with Crippen LogP contribution in [0.3, 0.4) is 0 Å². The molecule has 0 aromatic rings. The molecule has 0 radical (unpaired) electrons. The zero-order valence-electron chi connectivity index (χ0n) is 10.2. The summed E-state index contributed by atoms with van der Waals surface area (Å²) in [4.78, 5) is 4.86. The van der Waals surface area contributed by atoms with Gasteiger partial charge in [0.1, 0.15) is 0 Å². The molecule has 4 nitrogen and oxygen atoms in total. The SMILES string of the molecule is CCC(CC(=N)N)N1CCN(C)CC1C. The van der Waals surface area contributed by atoms with E-state index in [1.165, 1.54) is 0 Å². The molecule has 4 heteroatoms. The van der Waals surface area contributed by atoms with Crippen LogP contribution in [0, 0.1) is 5.41 Å². The number of nitrogens with zero attached hydrogens (tertiary/aromatic N) is 2. The molecular formula is C11H24N4. The molecule has 1 fully saturated rings. The Hall–Kier alpha value is -0.610. The second-order valence-corrected chi connectivity index (χ2v) is 4.64. The Morgan fingerprint density at radius 2 is 2.20 bits per heavy atom. The van der Waals surface area contributed by atoms with Crippen molar-refractivity contribution in [3.63, 3.8) is 0 Å². The van der Waals surface area contributed by atoms with Crippen molar-refractivity contribution in [3.8, 4) is 0 Å². The molecule has 1 saturated heterocycles. The fourth-order valence-electron chi connectivity index (χ4n) is 2.45. The standard InChI is InChI=1S/C11H24N4/c1-4-10(7-11(12)13)15-6-5-14(3)8-9(15)2/h9-10H,4-8H2,1-3H3,(H3,12,13). The van der Waals surface area contributed by atoms with Crippen LogP contribution in [-0.2, 0) is 0 Å². The molecule has 1 aliphatic heterocycles. The van der Waals surface area contributed by atoms with E-state index in [2.05, 4.69) is 30.7 Å². The van der Waals surface area contributed by atoms with Gasteiger partial charge >= 0.3 is 0 Å². The highest BCUT2D eigenvalue weighted by atomic mass is 15.3. The van der Waals surface area contributed by atoms with Gasteiger partial charge in [0.05, 0.1) is 5.84 Å². The lowest BCUT2D eigenvalue weighted by Crippen LogP contribution is -2.54. The largest absolute Gasteiger partial charge is 0.388 e. The van der Waals surface area contributed by atoms with E-state index in [-0.39, 0.29) is 0 Å². The fourth-order valence-corrected chi connectivity index (χ4v) is 2.45. The second-order valence-electron chi connectivity index (χ2n) is 4.64. The molecule has 1 rings (SSSR count). The molecule has 15 heavy (non-hydrogen) atoms. The highest BCUT2D eigenvalue weighted by Crippen LogP contribution is 2.16. The van der Waals surface area contributed by atoms with Crippen molar-refractivity contribution in [1.29, 1.82) is 5.41 Å². The molecule has 0 saturated carbocycles. The predicted octanol–water partition coefficient (Wildman–Crippen LogP) is 0.727. The van der Waals surface area contributed by atoms with Gasteiger partial charge < -0.3 is 10.6 Å². The molecule has 3 N–H and O–H groups in total. The smallest absolute Gasteiger partial charge is 0.0921 e. The van der Waals surface area contributed by atoms with Gasteiger partial charge in [-0.2, -0.15) is 0 Å². The second kappa shape index (κ2) is 5.47. The van der Waals surface area contributed by atoms with Crippen molar-refractivity contribution in [2.75, 3.05) is 26.7 Å². The fraction of sp³-hybridized carbons (Fsp3) is 0.909. The number of nitrogens with two attached hydrogens (primary N) is 1. The zero-order valence-corrected chi connectivity index (χ0v) is 10.2. The van der Waals surface area contributed by atoms with Crippen LogP contribution in [0.4, 0.5) is 0 Å². The summed E-state index contributed by atoms with van der Waals surface area (Å²) in [6.07, 6.45) is 1.79. The maximum absolute atomic E-state index is 7.39. The molecule has 0 bridgehead atoms. The van der Waals surface area contributed by atoms with Gasteiger partial charge in [0.25, 0.3) is 0 Å². The summed E-state index contributed by atoms with van der Waals surface area (Å²) in [6, 6.07) is 1.03. The van der Waals surface area contributed by atoms with Gasteiger partial charge in [0, 0.05) is 38.1 Å². The van der Waals surface area contributed by atoms with Gasteiger partial charge in [-0.15, -0.1) is 0 Å². The number of hydrogen-bond acceptors (Lipinski definition) is 3. The van der Waals surface area contributed by atoms with Crippen molar-refractivity contribution < 1.29 is 0 Å². The molecule has 1 heterocycles. The Bertz CT molecular complexity index is 217. The topological polar surface area (TPSA) is 56.4 Å². The quantitative estimate of drug-likeness (QED) is 0.533. The summed E-state index contributed by atoms with van der Waals surface area (Å²) in [5, 5.41) is 7.39. The van der Waals surface area contributed by atoms with E-state index in [0.717, 1.165) is 26.1 Å². The average molecular weight is 212 g/mol. The van der Waals surface area contributed by atoms with Gasteiger partial charge in [-0.25, -0.2) is 0 Å². The van der Waals surface area contributed by atoms with E-state index in [9.17, 15) is 0 Å². The monoisotopic (exact) mass is 212 g/mol. The third-order valence-electron chi connectivity index (χ3n) is 3.28. The highest BCUT2D eigenvalue weighted by molar-refractivity contribution is 5.77. The maximum atomic E-state index is 7.39. The third-order valence-corrected chi connectivity index (χ3v) is 3.28. The molecule has 2 unspecified atom stereocenters. The van der Waals surface area contributed by atoms with Crippen LogP contribution in [0.5, 0.6) is 0 Å². The van der Waals surface area contributed by atoms with Gasteiger partial charge in [0.2, 0.25) is 0 Å². The number of piperazine rings is 1. The van der Waals surface area contributed by atoms with Gasteiger partial charge in [-0.3, -0.25) is 10.3 Å². The minimum Gasteiger partial charge on any atom is -0.388 e. The number of likely N-dealkylation sites (N-methyl/N-ethyl adjacent to an activating group) is 1. The molecule has 0 aromatic heterocycles. The van der Waals surface area contributed by atoms with Crippen LogP contribution in [0.2, 0.25) is 0 Å². The van der Waals surface area contributed by atoms with Crippen molar-refractivity contribution >= 4 is 5.84 Å². The Morgan fingerprint density at radius 3 is 2.67 bits per heavy atom. The van der Waals surface area contributed by atoms with Gasteiger partial charge in [0.15, 0.2) is 0 Å². The molecule has 88 valence electrons. The molecule has 0 spiro atoms. The van der Waals surface area contributed by atoms with Crippen molar-refractivity contribution in [2.24, 2.45) is 5.73 Å². The molecule has 0 aromatic carbocycles. The average Bonchev–Trinajstić information content (AvgIpc) is 2.14. The van der Waals surface area contributed by atoms with E-state index in [4.69, 9.17) is 11.1 Å². The number of nitrogens with one attached hydrogen (secondary N) is 1. The van der Waals surface area contributed by atoms with Crippen LogP contribution < -0.4 is 5.73 Å². The summed E-state index contributed by atoms with van der Waals surface area (Å²) in [7, 11) is 2.17. The molecule has 0 aliphatic carbocycles. The first kappa shape index (κ1) is 12.5. The first-order valence-corrected chi connectivity index (χ1v) is 5.81. The number of hydrogen-bond donors (Lipinski definition) is 2. The summed E-state index contributed by atoms with van der Waals surface area (Å²) in [5.41, 5.74) is 5.49. The number of amidine groups is 1. The van der Waals surface area contributed by atoms with Crippen molar-refractivity contribution in [1.82, 2.24) is 9.80 Å². The molecule has 2 atom stereocenters. The zero-order chi connectivity index (χ0) is 11.4. The molecule has 0 amide bonds. The van der Waals surface area contributed by atoms with Crippen LogP contribution in [0.25, 0.3) is 0 Å². The third kappa shape index (κ3) is 3.47. The summed E-state index contributed by atoms with van der Waals surface area (Å²) < 4.78 is 0. The summed E-state index contributed by atoms with van der Waals surface area (Å²) in [6.45, 7) is 7.79. The van der Waals surface area contributed by atoms with Crippen LogP contribution in [0.1, 0.15) is 26.7 Å². The van der Waals surface area contributed by atoms with E-state index >= 15 is 0 Å². The minimum absolute atomic E-state index is 0.313. The van der Waals surface area contributed by atoms with E-state index < -0.39 is 0 Å². The lowest BCUT2D eigenvalue weighted by molar-refractivity contribution is 0.0617. The van der Waals surface area contributed by atoms with Gasteiger partial charge in [-0.05, 0) is 20.4 Å². The van der Waals surface area contributed by atoms with Crippen molar-refractivity contribution in [2.45, 2.75) is 38.8 Å². The van der Waals surface area contributed by atoms with Gasteiger partial charge in [-0.1, -0.05) is 6.92 Å². The van der Waals surface area contributed by atoms with E-state index in [1.54, 1.807) is 0 Å². The van der Waals surface area contributed by atoms with Crippen molar-refractivity contribution in [3.05, 3.63) is 0 Å². The van der Waals surface area contributed by atoms with E-state index in [1.807, 2.05) is 0 Å². The predicted molar refractivity (Wildman–Crippen MR) is 64.3 cm³/mol. The lowest BCUT2D eigenvalue weighted by atomic mass is 10.0. The Morgan fingerprint density at radius 1 is 1.53 bits per heavy atom. The summed E-state index contributed by atoms with van der Waals surface area (Å²) in [5.74, 6) is 0.313. The number of rotatable bonds is 4. The van der Waals surface area contributed by atoms with E-state index in [0.29, 0.717) is 24.3 Å². The van der Waals surface area contributed by atoms with Crippen LogP contribution in [0.15, 0.2) is 0 Å². The molecular weight excluding hydrogens is 188 g/mol. The Balaban J connectivity index is 2.55. The highest BCUT2D eigenvalue weighted by Gasteiger charge is 2.27. The first-order valence-electron chi connectivity index (χ1n) is 5.81. The normalized spacial score (nSPS) is 26.5. The molecule has 1 aliphatic rings. The first-order chi connectivity index (χ1) is 7.04. The Labute approximate surface area is 92.9 Å².